The Kier molecular flexibility index (Phi) is 4.06. The average molecular weight is 414 g/mol. The molecule has 0 amide bonds. The molecule has 0 aromatic carbocycles. The van der Waals surface area contributed by atoms with E-state index >= 15 is 0 Å². The number of Topliss-reactive ketones (excluding diaryl/α,β-unsaturated/α-hetero) is 1. The van der Waals surface area contributed by atoms with Crippen molar-refractivity contribution in [3.8, 4) is 0 Å². The number of fused-ring (bicyclic) bond motifs is 7. The van der Waals surface area contributed by atoms with Gasteiger partial charge in [-0.3, -0.25) is 9.59 Å². The van der Waals surface area contributed by atoms with Crippen LogP contribution in [0, 0.1) is 28.6 Å². The van der Waals surface area contributed by atoms with Gasteiger partial charge in [0.2, 0.25) is 0 Å². The first kappa shape index (κ1) is 20.3. The van der Waals surface area contributed by atoms with E-state index in [1.165, 1.54) is 0 Å². The zero-order chi connectivity index (χ0) is 21.7. The molecule has 0 aromatic heterocycles. The maximum absolute atomic E-state index is 13.1. The van der Waals surface area contributed by atoms with Gasteiger partial charge in [-0.05, 0) is 56.3 Å². The zero-order valence-corrected chi connectivity index (χ0v) is 17.9. The molecule has 0 spiro atoms. The third-order valence-corrected chi connectivity index (χ3v) is 8.61. The summed E-state index contributed by atoms with van der Waals surface area (Å²) in [6, 6.07) is 0. The Balaban J connectivity index is 1.63. The van der Waals surface area contributed by atoms with Gasteiger partial charge < -0.3 is 19.7 Å². The molecular weight excluding hydrogens is 384 g/mol. The molecule has 0 radical (unpaired) electrons. The molecule has 4 aliphatic carbocycles. The monoisotopic (exact) mass is 414 g/mol. The van der Waals surface area contributed by atoms with Crippen molar-refractivity contribution in [2.75, 3.05) is 6.61 Å². The fraction of sp³-hybridized carbons (Fsp3) is 0.667. The number of aliphatic hydroxyl groups excluding tert-OH is 2. The van der Waals surface area contributed by atoms with Crippen molar-refractivity contribution in [3.05, 3.63) is 36.0 Å². The first-order valence-electron chi connectivity index (χ1n) is 10.8. The second-order valence-corrected chi connectivity index (χ2v) is 10.5. The minimum absolute atomic E-state index is 0.00281. The van der Waals surface area contributed by atoms with Crippen molar-refractivity contribution in [2.24, 2.45) is 28.6 Å². The van der Waals surface area contributed by atoms with Gasteiger partial charge in [-0.25, -0.2) is 0 Å². The van der Waals surface area contributed by atoms with Crippen LogP contribution in [0.2, 0.25) is 0 Å². The highest BCUT2D eigenvalue weighted by molar-refractivity contribution is 6.01. The number of ketones is 2. The van der Waals surface area contributed by atoms with Gasteiger partial charge in [0.15, 0.2) is 23.0 Å². The molecule has 5 rings (SSSR count). The van der Waals surface area contributed by atoms with Gasteiger partial charge in [-0.2, -0.15) is 0 Å². The van der Waals surface area contributed by atoms with Crippen molar-refractivity contribution in [3.63, 3.8) is 0 Å². The van der Waals surface area contributed by atoms with Gasteiger partial charge >= 0.3 is 0 Å². The van der Waals surface area contributed by atoms with Crippen molar-refractivity contribution >= 4 is 11.6 Å². The maximum atomic E-state index is 13.1. The maximum Gasteiger partial charge on any atom is 0.193 e. The van der Waals surface area contributed by atoms with E-state index in [1.807, 2.05) is 19.1 Å². The fourth-order valence-corrected chi connectivity index (χ4v) is 7.50. The summed E-state index contributed by atoms with van der Waals surface area (Å²) in [6.07, 6.45) is 9.12. The minimum Gasteiger partial charge on any atom is -0.393 e. The number of aliphatic hydroxyl groups is 2. The number of hydrogen-bond donors (Lipinski definition) is 2. The van der Waals surface area contributed by atoms with E-state index in [9.17, 15) is 19.8 Å². The number of rotatable bonds is 2. The van der Waals surface area contributed by atoms with Gasteiger partial charge in [0.25, 0.3) is 0 Å². The first-order valence-corrected chi connectivity index (χ1v) is 10.8. The van der Waals surface area contributed by atoms with E-state index in [4.69, 9.17) is 9.47 Å². The molecule has 0 bridgehead atoms. The lowest BCUT2D eigenvalue weighted by Gasteiger charge is -2.58. The molecule has 1 heterocycles. The summed E-state index contributed by atoms with van der Waals surface area (Å²) in [5, 5.41) is 21.3. The molecule has 0 unspecified atom stereocenters. The van der Waals surface area contributed by atoms with Crippen LogP contribution in [0.4, 0.5) is 0 Å². The van der Waals surface area contributed by atoms with Crippen molar-refractivity contribution in [1.29, 1.82) is 0 Å². The van der Waals surface area contributed by atoms with Gasteiger partial charge in [-0.15, -0.1) is 0 Å². The van der Waals surface area contributed by atoms with Crippen LogP contribution in [0.25, 0.3) is 0 Å². The zero-order valence-electron chi connectivity index (χ0n) is 17.9. The van der Waals surface area contributed by atoms with Crippen molar-refractivity contribution in [2.45, 2.75) is 64.1 Å². The van der Waals surface area contributed by atoms with Crippen LogP contribution in [-0.2, 0) is 19.1 Å². The molecule has 6 nitrogen and oxygen atoms in total. The number of hydrogen-bond acceptors (Lipinski definition) is 6. The van der Waals surface area contributed by atoms with E-state index in [1.54, 1.807) is 26.0 Å². The first-order chi connectivity index (χ1) is 14.0. The van der Waals surface area contributed by atoms with Gasteiger partial charge in [0.1, 0.15) is 6.61 Å². The molecule has 3 fully saturated rings. The molecule has 1 aliphatic heterocycles. The smallest absolute Gasteiger partial charge is 0.193 e. The summed E-state index contributed by atoms with van der Waals surface area (Å²) >= 11 is 0. The summed E-state index contributed by atoms with van der Waals surface area (Å²) in [5.74, 6) is -1.39. The molecule has 30 heavy (non-hydrogen) atoms. The molecule has 162 valence electrons. The third kappa shape index (κ3) is 2.28. The van der Waals surface area contributed by atoms with Crippen LogP contribution >= 0.6 is 0 Å². The Morgan fingerprint density at radius 3 is 2.67 bits per heavy atom. The quantitative estimate of drug-likeness (QED) is 0.719. The summed E-state index contributed by atoms with van der Waals surface area (Å²) in [4.78, 5) is 25.1. The highest BCUT2D eigenvalue weighted by Gasteiger charge is 2.76. The van der Waals surface area contributed by atoms with Crippen molar-refractivity contribution < 1.29 is 29.3 Å². The Morgan fingerprint density at radius 2 is 1.97 bits per heavy atom. The van der Waals surface area contributed by atoms with Crippen molar-refractivity contribution in [1.82, 2.24) is 0 Å². The van der Waals surface area contributed by atoms with Crippen LogP contribution in [0.5, 0.6) is 0 Å². The highest BCUT2D eigenvalue weighted by Crippen LogP contribution is 2.69. The SMILES string of the molecule is CC1(C)O[C@@H]2C[C@H]3[C@@H]4C=CC5=CC(=O)C=C[C@]5(C)[C@H]4[C@@H](O)C[C@]3(C)[C@]2(C(=O)CO)O1. The second-order valence-electron chi connectivity index (χ2n) is 10.5. The van der Waals surface area contributed by atoms with E-state index in [0.29, 0.717) is 12.8 Å². The third-order valence-electron chi connectivity index (χ3n) is 8.61. The molecule has 2 saturated carbocycles. The summed E-state index contributed by atoms with van der Waals surface area (Å²) < 4.78 is 12.5. The lowest BCUT2D eigenvalue weighted by Crippen LogP contribution is -2.63. The predicted octanol–water partition coefficient (Wildman–Crippen LogP) is 2.10. The minimum atomic E-state index is -1.27. The van der Waals surface area contributed by atoms with Crippen LogP contribution in [0.15, 0.2) is 36.0 Å². The number of ether oxygens (including phenoxy) is 2. The molecular formula is C24H30O6. The predicted molar refractivity (Wildman–Crippen MR) is 108 cm³/mol. The Morgan fingerprint density at radius 1 is 1.23 bits per heavy atom. The van der Waals surface area contributed by atoms with Crippen LogP contribution < -0.4 is 0 Å². The molecule has 5 aliphatic rings. The number of carbonyl (C=O) groups excluding carboxylic acids is 2. The summed E-state index contributed by atoms with van der Waals surface area (Å²) in [6.45, 7) is 7.06. The van der Waals surface area contributed by atoms with E-state index in [2.05, 4.69) is 13.0 Å². The van der Waals surface area contributed by atoms with Crippen LogP contribution in [0.3, 0.4) is 0 Å². The number of carbonyl (C=O) groups is 2. The Labute approximate surface area is 176 Å². The average Bonchev–Trinajstić information content (AvgIpc) is 3.07. The van der Waals surface area contributed by atoms with Crippen LogP contribution in [0.1, 0.15) is 40.5 Å². The Hall–Kier alpha value is -1.60. The molecule has 0 aromatic rings. The van der Waals surface area contributed by atoms with Crippen LogP contribution in [-0.4, -0.2) is 52.0 Å². The van der Waals surface area contributed by atoms with E-state index in [0.717, 1.165) is 5.57 Å². The molecule has 1 saturated heterocycles. The standard InChI is InChI=1S/C24H30O6/c1-21(2)29-19-10-16-15-6-5-13-9-14(26)7-8-22(13,3)20(15)17(27)11-23(16,4)24(19,30-21)18(28)12-25/h5-9,15-17,19-20,25,27H,10-12H2,1-4H3/t15-,16-,17-,19+,20+,22-,23-,24+/m0/s1. The second kappa shape index (κ2) is 6.00. The van der Waals surface area contributed by atoms with Gasteiger partial charge in [0.05, 0.1) is 12.2 Å². The van der Waals surface area contributed by atoms with E-state index in [-0.39, 0.29) is 29.3 Å². The normalized spacial score (nSPS) is 50.4. The molecule has 6 heteroatoms. The lowest BCUT2D eigenvalue weighted by molar-refractivity contribution is -0.221. The largest absolute Gasteiger partial charge is 0.393 e. The topological polar surface area (TPSA) is 93.1 Å². The summed E-state index contributed by atoms with van der Waals surface area (Å²) in [7, 11) is 0. The Bertz CT molecular complexity index is 915. The molecule has 2 N–H and O–H groups in total. The van der Waals surface area contributed by atoms with E-state index < -0.39 is 41.0 Å². The summed E-state index contributed by atoms with van der Waals surface area (Å²) in [5.41, 5.74) is -1.47. The van der Waals surface area contributed by atoms with Gasteiger partial charge in [0, 0.05) is 16.7 Å². The highest BCUT2D eigenvalue weighted by atomic mass is 16.8. The van der Waals surface area contributed by atoms with Gasteiger partial charge in [-0.1, -0.05) is 32.1 Å². The molecule has 8 atom stereocenters. The lowest BCUT2D eigenvalue weighted by atomic mass is 9.48. The fourth-order valence-electron chi connectivity index (χ4n) is 7.50. The number of allylic oxidation sites excluding steroid dienone is 6.